The molecule has 3 aromatic rings. The Morgan fingerprint density at radius 1 is 1.12 bits per heavy atom. The Balaban J connectivity index is 1.94. The number of carbonyl (C=O) groups excluding carboxylic acids is 1. The molecule has 0 atom stereocenters. The molecule has 0 fully saturated rings. The number of rotatable bonds is 3. The largest absolute Gasteiger partial charge is 0.481 e. The van der Waals surface area contributed by atoms with Crippen molar-refractivity contribution in [2.75, 3.05) is 12.4 Å². The number of hydrogen-bond donors (Lipinski definition) is 2. The van der Waals surface area contributed by atoms with E-state index >= 15 is 0 Å². The van der Waals surface area contributed by atoms with Crippen molar-refractivity contribution in [3.8, 4) is 17.0 Å². The SMILES string of the molecule is COc1ncccc1-c1cccc2c1/C(=C/c1[nH]c(C)cc1C)C(=O)N2. The Kier molecular flexibility index (Phi) is 3.84. The average Bonchev–Trinajstić information content (AvgIpc) is 3.13. The lowest BCUT2D eigenvalue weighted by atomic mass is 9.94. The van der Waals surface area contributed by atoms with E-state index in [-0.39, 0.29) is 5.91 Å². The molecule has 2 aromatic heterocycles. The predicted molar refractivity (Wildman–Crippen MR) is 103 cm³/mol. The molecule has 26 heavy (non-hydrogen) atoms. The van der Waals surface area contributed by atoms with E-state index in [0.717, 1.165) is 39.3 Å². The first-order valence-electron chi connectivity index (χ1n) is 8.40. The molecule has 0 unspecified atom stereocenters. The van der Waals surface area contributed by atoms with Gasteiger partial charge in [0.2, 0.25) is 5.88 Å². The lowest BCUT2D eigenvalue weighted by molar-refractivity contribution is -0.110. The Morgan fingerprint density at radius 2 is 1.92 bits per heavy atom. The molecule has 0 saturated heterocycles. The third-order valence-corrected chi connectivity index (χ3v) is 4.56. The van der Waals surface area contributed by atoms with Gasteiger partial charge in [0.1, 0.15) is 0 Å². The highest BCUT2D eigenvalue weighted by atomic mass is 16.5. The van der Waals surface area contributed by atoms with Gasteiger partial charge in [0.15, 0.2) is 0 Å². The van der Waals surface area contributed by atoms with Crippen molar-refractivity contribution in [1.82, 2.24) is 9.97 Å². The highest BCUT2D eigenvalue weighted by molar-refractivity contribution is 6.36. The summed E-state index contributed by atoms with van der Waals surface area (Å²) < 4.78 is 5.42. The number of benzene rings is 1. The molecule has 1 aliphatic heterocycles. The van der Waals surface area contributed by atoms with E-state index in [2.05, 4.69) is 21.4 Å². The minimum absolute atomic E-state index is 0.109. The Hall–Kier alpha value is -3.34. The summed E-state index contributed by atoms with van der Waals surface area (Å²) in [6.07, 6.45) is 3.60. The smallest absolute Gasteiger partial charge is 0.256 e. The fourth-order valence-corrected chi connectivity index (χ4v) is 3.41. The van der Waals surface area contributed by atoms with Gasteiger partial charge in [0, 0.05) is 34.4 Å². The molecule has 0 spiro atoms. The number of anilines is 1. The first kappa shape index (κ1) is 16.1. The van der Waals surface area contributed by atoms with E-state index in [1.165, 1.54) is 0 Å². The Labute approximate surface area is 151 Å². The van der Waals surface area contributed by atoms with E-state index in [1.807, 2.05) is 50.3 Å². The van der Waals surface area contributed by atoms with Gasteiger partial charge < -0.3 is 15.0 Å². The van der Waals surface area contributed by atoms with Crippen LogP contribution in [0, 0.1) is 13.8 Å². The van der Waals surface area contributed by atoms with Crippen LogP contribution in [0.3, 0.4) is 0 Å². The minimum Gasteiger partial charge on any atom is -0.481 e. The Bertz CT molecular complexity index is 1050. The van der Waals surface area contributed by atoms with Gasteiger partial charge in [-0.05, 0) is 55.3 Å². The van der Waals surface area contributed by atoms with Gasteiger partial charge in [-0.1, -0.05) is 12.1 Å². The second-order valence-corrected chi connectivity index (χ2v) is 6.35. The van der Waals surface area contributed by atoms with E-state index in [0.29, 0.717) is 11.5 Å². The van der Waals surface area contributed by atoms with Crippen LogP contribution < -0.4 is 10.1 Å². The molecule has 0 radical (unpaired) electrons. The zero-order chi connectivity index (χ0) is 18.3. The summed E-state index contributed by atoms with van der Waals surface area (Å²) in [6, 6.07) is 11.7. The van der Waals surface area contributed by atoms with Gasteiger partial charge in [0.25, 0.3) is 5.91 Å². The van der Waals surface area contributed by atoms with Gasteiger partial charge in [-0.3, -0.25) is 4.79 Å². The average molecular weight is 345 g/mol. The molecule has 1 aliphatic rings. The van der Waals surface area contributed by atoms with E-state index in [9.17, 15) is 4.79 Å². The number of nitrogens with one attached hydrogen (secondary N) is 2. The second kappa shape index (κ2) is 6.19. The lowest BCUT2D eigenvalue weighted by Crippen LogP contribution is -2.03. The standard InChI is InChI=1S/C21H19N3O2/c1-12-10-13(2)23-18(12)11-16-19-14(6-4-8-17(19)24-20(16)25)15-7-5-9-22-21(15)26-3/h4-11,23H,1-3H3,(H,24,25)/b16-11-. The molecular formula is C21H19N3O2. The molecule has 5 heteroatoms. The van der Waals surface area contributed by atoms with Crippen molar-refractivity contribution in [1.29, 1.82) is 0 Å². The van der Waals surface area contributed by atoms with Crippen LogP contribution in [-0.2, 0) is 4.79 Å². The van der Waals surface area contributed by atoms with Crippen LogP contribution in [0.5, 0.6) is 5.88 Å². The summed E-state index contributed by atoms with van der Waals surface area (Å²) in [6.45, 7) is 4.03. The normalized spacial score (nSPS) is 14.4. The molecule has 0 aliphatic carbocycles. The van der Waals surface area contributed by atoms with Gasteiger partial charge in [-0.15, -0.1) is 0 Å². The molecule has 4 rings (SSSR count). The van der Waals surface area contributed by atoms with Gasteiger partial charge in [0.05, 0.1) is 12.7 Å². The fourth-order valence-electron chi connectivity index (χ4n) is 3.41. The van der Waals surface area contributed by atoms with E-state index in [4.69, 9.17) is 4.74 Å². The molecule has 1 amide bonds. The van der Waals surface area contributed by atoms with Crippen molar-refractivity contribution in [3.05, 3.63) is 65.1 Å². The summed E-state index contributed by atoms with van der Waals surface area (Å²) in [4.78, 5) is 20.3. The van der Waals surface area contributed by atoms with Crippen molar-refractivity contribution in [2.45, 2.75) is 13.8 Å². The lowest BCUT2D eigenvalue weighted by Gasteiger charge is -2.11. The molecule has 5 nitrogen and oxygen atoms in total. The fraction of sp³-hybridized carbons (Fsp3) is 0.143. The van der Waals surface area contributed by atoms with Crippen LogP contribution in [-0.4, -0.2) is 23.0 Å². The monoisotopic (exact) mass is 345 g/mol. The third kappa shape index (κ3) is 2.58. The molecule has 0 saturated carbocycles. The van der Waals surface area contributed by atoms with E-state index in [1.54, 1.807) is 13.3 Å². The van der Waals surface area contributed by atoms with Crippen LogP contribution in [0.25, 0.3) is 22.8 Å². The van der Waals surface area contributed by atoms with Crippen molar-refractivity contribution in [2.24, 2.45) is 0 Å². The van der Waals surface area contributed by atoms with Crippen LogP contribution >= 0.6 is 0 Å². The van der Waals surface area contributed by atoms with Crippen molar-refractivity contribution < 1.29 is 9.53 Å². The number of ether oxygens (including phenoxy) is 1. The molecule has 130 valence electrons. The maximum absolute atomic E-state index is 12.7. The highest BCUT2D eigenvalue weighted by Gasteiger charge is 2.28. The quantitative estimate of drug-likeness (QED) is 0.699. The maximum atomic E-state index is 12.7. The minimum atomic E-state index is -0.109. The first-order valence-corrected chi connectivity index (χ1v) is 8.40. The predicted octanol–water partition coefficient (Wildman–Crippen LogP) is 4.19. The van der Waals surface area contributed by atoms with Gasteiger partial charge >= 0.3 is 0 Å². The number of aromatic nitrogens is 2. The van der Waals surface area contributed by atoms with Crippen LogP contribution in [0.2, 0.25) is 0 Å². The summed E-state index contributed by atoms with van der Waals surface area (Å²) in [5.74, 6) is 0.424. The summed E-state index contributed by atoms with van der Waals surface area (Å²) >= 11 is 0. The van der Waals surface area contributed by atoms with Gasteiger partial charge in [-0.25, -0.2) is 4.98 Å². The molecule has 3 heterocycles. The van der Waals surface area contributed by atoms with Gasteiger partial charge in [-0.2, -0.15) is 0 Å². The second-order valence-electron chi connectivity index (χ2n) is 6.35. The number of aromatic amines is 1. The number of H-pyrrole nitrogens is 1. The zero-order valence-electron chi connectivity index (χ0n) is 14.9. The first-order chi connectivity index (χ1) is 12.6. The highest BCUT2D eigenvalue weighted by Crippen LogP contribution is 2.42. The number of amides is 1. The summed E-state index contributed by atoms with van der Waals surface area (Å²) in [5, 5.41) is 2.96. The van der Waals surface area contributed by atoms with E-state index < -0.39 is 0 Å². The summed E-state index contributed by atoms with van der Waals surface area (Å²) in [7, 11) is 1.60. The molecule has 0 bridgehead atoms. The number of carbonyl (C=O) groups is 1. The third-order valence-electron chi connectivity index (χ3n) is 4.56. The number of fused-ring (bicyclic) bond motifs is 1. The van der Waals surface area contributed by atoms with Crippen molar-refractivity contribution in [3.63, 3.8) is 0 Å². The van der Waals surface area contributed by atoms with Crippen LogP contribution in [0.4, 0.5) is 5.69 Å². The van der Waals surface area contributed by atoms with Crippen LogP contribution in [0.15, 0.2) is 42.6 Å². The molecular weight excluding hydrogens is 326 g/mol. The Morgan fingerprint density at radius 3 is 2.65 bits per heavy atom. The molecule has 2 N–H and O–H groups in total. The number of aryl methyl sites for hydroxylation is 2. The van der Waals surface area contributed by atoms with Crippen molar-refractivity contribution >= 4 is 23.2 Å². The number of methoxy groups -OCH3 is 1. The maximum Gasteiger partial charge on any atom is 0.256 e. The number of hydrogen-bond acceptors (Lipinski definition) is 3. The topological polar surface area (TPSA) is 67.0 Å². The number of pyridine rings is 1. The zero-order valence-corrected chi connectivity index (χ0v) is 14.9. The number of nitrogens with zero attached hydrogens (tertiary/aromatic N) is 1. The summed E-state index contributed by atoms with van der Waals surface area (Å²) in [5.41, 5.74) is 7.18. The molecule has 1 aromatic carbocycles. The van der Waals surface area contributed by atoms with Crippen LogP contribution in [0.1, 0.15) is 22.5 Å².